The van der Waals surface area contributed by atoms with E-state index in [2.05, 4.69) is 17.0 Å². The van der Waals surface area contributed by atoms with Crippen LogP contribution < -0.4 is 19.6 Å². The number of methoxy groups -OCH3 is 1. The van der Waals surface area contributed by atoms with Gasteiger partial charge in [0.2, 0.25) is 4.96 Å². The molecule has 0 unspecified atom stereocenters. The van der Waals surface area contributed by atoms with Crippen molar-refractivity contribution in [1.82, 2.24) is 14.6 Å². The fourth-order valence-electron chi connectivity index (χ4n) is 3.73. The third-order valence-corrected chi connectivity index (χ3v) is 7.10. The van der Waals surface area contributed by atoms with Crippen LogP contribution in [0.4, 0.5) is 0 Å². The number of rotatable bonds is 11. The Kier molecular flexibility index (Phi) is 8.65. The molecule has 0 saturated carbocycles. The second-order valence-electron chi connectivity index (χ2n) is 8.20. The standard InChI is InChI=1S/C26H27Cl2N3O3S/c1-3-4-5-6-7-8-13-34-21-12-9-17(14-22(21)33-2)15-23-25(32)31-26(35-23)29-24(30-31)19-11-10-18(27)16-20(19)28/h9-12,14-16H,3-8,13H2,1-2H3. The highest BCUT2D eigenvalue weighted by Gasteiger charge is 2.15. The van der Waals surface area contributed by atoms with Crippen molar-refractivity contribution < 1.29 is 9.47 Å². The maximum absolute atomic E-state index is 12.9. The monoisotopic (exact) mass is 531 g/mol. The van der Waals surface area contributed by atoms with Crippen molar-refractivity contribution >= 4 is 45.6 Å². The fourth-order valence-corrected chi connectivity index (χ4v) is 5.13. The van der Waals surface area contributed by atoms with E-state index in [1.807, 2.05) is 18.2 Å². The van der Waals surface area contributed by atoms with Gasteiger partial charge in [0.15, 0.2) is 17.3 Å². The largest absolute Gasteiger partial charge is 0.493 e. The second-order valence-corrected chi connectivity index (χ2v) is 10.0. The quantitative estimate of drug-likeness (QED) is 0.209. The molecule has 4 aromatic rings. The summed E-state index contributed by atoms with van der Waals surface area (Å²) >= 11 is 13.5. The van der Waals surface area contributed by atoms with Crippen LogP contribution in [0.2, 0.25) is 10.0 Å². The van der Waals surface area contributed by atoms with Gasteiger partial charge in [-0.15, -0.1) is 5.10 Å². The molecule has 184 valence electrons. The van der Waals surface area contributed by atoms with Crippen molar-refractivity contribution in [2.75, 3.05) is 13.7 Å². The number of ether oxygens (including phenoxy) is 2. The van der Waals surface area contributed by atoms with Gasteiger partial charge in [0.05, 0.1) is 23.3 Å². The molecule has 2 aromatic heterocycles. The number of hydrogen-bond acceptors (Lipinski definition) is 6. The predicted molar refractivity (Wildman–Crippen MR) is 143 cm³/mol. The Bertz CT molecular complexity index is 1420. The van der Waals surface area contributed by atoms with Gasteiger partial charge in [0.25, 0.3) is 5.56 Å². The average Bonchev–Trinajstić information content (AvgIpc) is 3.38. The van der Waals surface area contributed by atoms with Gasteiger partial charge in [-0.25, -0.2) is 0 Å². The molecule has 9 heteroatoms. The van der Waals surface area contributed by atoms with Gasteiger partial charge in [-0.2, -0.15) is 9.50 Å². The zero-order valence-corrected chi connectivity index (χ0v) is 22.1. The van der Waals surface area contributed by atoms with Crippen LogP contribution in [-0.2, 0) is 0 Å². The summed E-state index contributed by atoms with van der Waals surface area (Å²) in [6.07, 6.45) is 9.06. The highest BCUT2D eigenvalue weighted by Crippen LogP contribution is 2.30. The van der Waals surface area contributed by atoms with Gasteiger partial charge in [0, 0.05) is 10.6 Å². The molecular formula is C26H27Cl2N3O3S. The Morgan fingerprint density at radius 1 is 1.03 bits per heavy atom. The minimum absolute atomic E-state index is 0.240. The van der Waals surface area contributed by atoms with E-state index in [9.17, 15) is 4.79 Å². The van der Waals surface area contributed by atoms with Crippen molar-refractivity contribution in [2.24, 2.45) is 0 Å². The van der Waals surface area contributed by atoms with Crippen LogP contribution in [0.1, 0.15) is 51.0 Å². The first kappa shape index (κ1) is 25.5. The number of aromatic nitrogens is 3. The molecule has 6 nitrogen and oxygen atoms in total. The van der Waals surface area contributed by atoms with E-state index >= 15 is 0 Å². The highest BCUT2D eigenvalue weighted by molar-refractivity contribution is 7.15. The minimum atomic E-state index is -0.240. The SMILES string of the molecule is CCCCCCCCOc1ccc(C=c2sc3nc(-c4ccc(Cl)cc4Cl)nn3c2=O)cc1OC. The van der Waals surface area contributed by atoms with Gasteiger partial charge >= 0.3 is 0 Å². The maximum Gasteiger partial charge on any atom is 0.291 e. The van der Waals surface area contributed by atoms with E-state index in [0.29, 0.717) is 49.0 Å². The lowest BCUT2D eigenvalue weighted by atomic mass is 10.1. The van der Waals surface area contributed by atoms with E-state index < -0.39 is 0 Å². The molecule has 0 aliphatic carbocycles. The van der Waals surface area contributed by atoms with Crippen molar-refractivity contribution in [3.8, 4) is 22.9 Å². The van der Waals surface area contributed by atoms with E-state index in [1.54, 1.807) is 31.4 Å². The molecule has 2 aromatic carbocycles. The summed E-state index contributed by atoms with van der Waals surface area (Å²) in [5.41, 5.74) is 1.21. The highest BCUT2D eigenvalue weighted by atomic mass is 35.5. The first-order valence-electron chi connectivity index (χ1n) is 11.7. The number of benzene rings is 2. The van der Waals surface area contributed by atoms with Crippen LogP contribution in [0.15, 0.2) is 41.2 Å². The molecular weight excluding hydrogens is 505 g/mol. The molecule has 0 fully saturated rings. The van der Waals surface area contributed by atoms with Crippen LogP contribution in [0.5, 0.6) is 11.5 Å². The van der Waals surface area contributed by atoms with Crippen LogP contribution in [-0.4, -0.2) is 28.3 Å². The molecule has 0 bridgehead atoms. The minimum Gasteiger partial charge on any atom is -0.493 e. The van der Waals surface area contributed by atoms with E-state index in [1.165, 1.54) is 48.0 Å². The Balaban J connectivity index is 1.50. The number of halogens is 2. The Hall–Kier alpha value is -2.61. The lowest BCUT2D eigenvalue weighted by Gasteiger charge is -2.11. The fraction of sp³-hybridized carbons (Fsp3) is 0.346. The topological polar surface area (TPSA) is 65.7 Å². The average molecular weight is 532 g/mol. The molecule has 0 N–H and O–H groups in total. The smallest absolute Gasteiger partial charge is 0.291 e. The summed E-state index contributed by atoms with van der Waals surface area (Å²) in [5.74, 6) is 1.72. The van der Waals surface area contributed by atoms with Crippen LogP contribution in [0.3, 0.4) is 0 Å². The summed E-state index contributed by atoms with van der Waals surface area (Å²) in [6, 6.07) is 10.7. The van der Waals surface area contributed by atoms with E-state index in [0.717, 1.165) is 12.0 Å². The van der Waals surface area contributed by atoms with Gasteiger partial charge in [0.1, 0.15) is 0 Å². The first-order chi connectivity index (χ1) is 17.0. The molecule has 0 amide bonds. The van der Waals surface area contributed by atoms with Crippen molar-refractivity contribution in [1.29, 1.82) is 0 Å². The number of hydrogen-bond donors (Lipinski definition) is 0. The predicted octanol–water partition coefficient (Wildman–Crippen LogP) is 6.42. The Labute approximate surface area is 218 Å². The van der Waals surface area contributed by atoms with Crippen molar-refractivity contribution in [2.45, 2.75) is 45.4 Å². The van der Waals surface area contributed by atoms with E-state index in [4.69, 9.17) is 32.7 Å². The molecule has 0 saturated heterocycles. The molecule has 35 heavy (non-hydrogen) atoms. The molecule has 0 radical (unpaired) electrons. The summed E-state index contributed by atoms with van der Waals surface area (Å²) in [6.45, 7) is 2.88. The Morgan fingerprint density at radius 3 is 2.57 bits per heavy atom. The molecule has 0 aliphatic heterocycles. The summed E-state index contributed by atoms with van der Waals surface area (Å²) in [5, 5.41) is 5.31. The van der Waals surface area contributed by atoms with Crippen LogP contribution in [0, 0.1) is 0 Å². The molecule has 0 aliphatic rings. The normalized spacial score (nSPS) is 11.9. The lowest BCUT2D eigenvalue weighted by molar-refractivity contribution is 0.284. The summed E-state index contributed by atoms with van der Waals surface area (Å²) in [7, 11) is 1.61. The number of unbranched alkanes of at least 4 members (excludes halogenated alkanes) is 5. The van der Waals surface area contributed by atoms with Gasteiger partial charge in [-0.05, 0) is 48.4 Å². The Morgan fingerprint density at radius 2 is 1.83 bits per heavy atom. The molecule has 2 heterocycles. The molecule has 4 rings (SSSR count). The number of thiazole rings is 1. The number of nitrogens with zero attached hydrogens (tertiary/aromatic N) is 3. The van der Waals surface area contributed by atoms with Gasteiger partial charge in [-0.1, -0.05) is 79.6 Å². The third-order valence-electron chi connectivity index (χ3n) is 5.59. The summed E-state index contributed by atoms with van der Waals surface area (Å²) < 4.78 is 13.3. The first-order valence-corrected chi connectivity index (χ1v) is 13.2. The second kappa shape index (κ2) is 11.9. The van der Waals surface area contributed by atoms with Crippen LogP contribution in [0.25, 0.3) is 22.4 Å². The number of fused-ring (bicyclic) bond motifs is 1. The zero-order chi connectivity index (χ0) is 24.8. The summed E-state index contributed by atoms with van der Waals surface area (Å²) in [4.78, 5) is 17.9. The maximum atomic E-state index is 12.9. The van der Waals surface area contributed by atoms with Crippen molar-refractivity contribution in [3.63, 3.8) is 0 Å². The van der Waals surface area contributed by atoms with Gasteiger partial charge < -0.3 is 9.47 Å². The van der Waals surface area contributed by atoms with Crippen LogP contribution >= 0.6 is 34.5 Å². The molecule has 0 spiro atoms. The zero-order valence-electron chi connectivity index (χ0n) is 19.7. The van der Waals surface area contributed by atoms with Crippen molar-refractivity contribution in [3.05, 3.63) is 66.9 Å². The molecule has 0 atom stereocenters. The lowest BCUT2D eigenvalue weighted by Crippen LogP contribution is -2.23. The van der Waals surface area contributed by atoms with Gasteiger partial charge in [-0.3, -0.25) is 4.79 Å². The third kappa shape index (κ3) is 6.15. The van der Waals surface area contributed by atoms with E-state index in [-0.39, 0.29) is 5.56 Å².